The number of nitrogens with two attached hydrogens (primary N) is 2. The van der Waals surface area contributed by atoms with Gasteiger partial charge in [-0.1, -0.05) is 25.6 Å². The summed E-state index contributed by atoms with van der Waals surface area (Å²) in [7, 11) is 0. The fourth-order valence-corrected chi connectivity index (χ4v) is 1.39. The van der Waals surface area contributed by atoms with E-state index in [0.717, 1.165) is 12.8 Å². The number of thioether (sulfide) groups is 1. The molecule has 0 aliphatic heterocycles. The maximum atomic E-state index is 5.41. The molecule has 0 aromatic carbocycles. The van der Waals surface area contributed by atoms with Crippen molar-refractivity contribution in [2.75, 3.05) is 0 Å². The lowest BCUT2D eigenvalue weighted by molar-refractivity contribution is 0.796. The molecule has 10 heavy (non-hydrogen) atoms. The highest BCUT2D eigenvalue weighted by Gasteiger charge is 2.05. The van der Waals surface area contributed by atoms with E-state index in [1.165, 1.54) is 0 Å². The molecule has 0 saturated heterocycles. The minimum atomic E-state index is 0.480. The Kier molecular flexibility index (Phi) is 5.20. The standard InChI is InChI=1S/C6H15N3S/c1-3-5(4-2)10-6(7)9-8/h5H,3-4,8H2,1-2H3,(H2,7,9). The number of hydrogen-bond acceptors (Lipinski definition) is 3. The van der Waals surface area contributed by atoms with Gasteiger partial charge in [-0.2, -0.15) is 5.10 Å². The van der Waals surface area contributed by atoms with Gasteiger partial charge < -0.3 is 11.6 Å². The zero-order valence-electron chi connectivity index (χ0n) is 6.50. The van der Waals surface area contributed by atoms with Gasteiger partial charge in [-0.25, -0.2) is 0 Å². The van der Waals surface area contributed by atoms with Crippen molar-refractivity contribution in [3.8, 4) is 0 Å². The molecule has 0 amide bonds. The quantitative estimate of drug-likeness (QED) is 0.282. The van der Waals surface area contributed by atoms with Crippen molar-refractivity contribution in [2.24, 2.45) is 16.7 Å². The Morgan fingerprint density at radius 3 is 2.30 bits per heavy atom. The SMILES string of the molecule is CCC(CC)S/C(N)=N/N. The Bertz CT molecular complexity index is 110. The van der Waals surface area contributed by atoms with Crippen LogP contribution in [0.4, 0.5) is 0 Å². The minimum Gasteiger partial charge on any atom is -0.377 e. The van der Waals surface area contributed by atoms with Gasteiger partial charge >= 0.3 is 0 Å². The summed E-state index contributed by atoms with van der Waals surface area (Å²) in [6.45, 7) is 4.26. The van der Waals surface area contributed by atoms with Crippen molar-refractivity contribution in [1.29, 1.82) is 0 Å². The fraction of sp³-hybridized carbons (Fsp3) is 0.833. The van der Waals surface area contributed by atoms with E-state index in [9.17, 15) is 0 Å². The van der Waals surface area contributed by atoms with Crippen molar-refractivity contribution in [1.82, 2.24) is 0 Å². The van der Waals surface area contributed by atoms with Crippen LogP contribution in [0, 0.1) is 0 Å². The summed E-state index contributed by atoms with van der Waals surface area (Å²) >= 11 is 1.55. The normalized spacial score (nSPS) is 12.5. The van der Waals surface area contributed by atoms with Crippen LogP contribution in [0.2, 0.25) is 0 Å². The molecule has 0 aliphatic carbocycles. The summed E-state index contributed by atoms with van der Waals surface area (Å²) in [6, 6.07) is 0. The molecule has 60 valence electrons. The molecule has 0 radical (unpaired) electrons. The Morgan fingerprint density at radius 2 is 2.00 bits per heavy atom. The van der Waals surface area contributed by atoms with Gasteiger partial charge in [-0.05, 0) is 12.8 Å². The first-order valence-electron chi connectivity index (χ1n) is 3.44. The highest BCUT2D eigenvalue weighted by atomic mass is 32.2. The Balaban J connectivity index is 3.63. The first kappa shape index (κ1) is 9.62. The molecular weight excluding hydrogens is 146 g/mol. The summed E-state index contributed by atoms with van der Waals surface area (Å²) in [6.07, 6.45) is 2.22. The van der Waals surface area contributed by atoms with Crippen LogP contribution >= 0.6 is 11.8 Å². The average molecular weight is 161 g/mol. The smallest absolute Gasteiger partial charge is 0.177 e. The highest BCUT2D eigenvalue weighted by Crippen LogP contribution is 2.16. The number of nitrogens with zero attached hydrogens (tertiary/aromatic N) is 1. The highest BCUT2D eigenvalue weighted by molar-refractivity contribution is 8.14. The molecule has 0 aromatic heterocycles. The number of hydrazone groups is 1. The van der Waals surface area contributed by atoms with Gasteiger partial charge in [-0.15, -0.1) is 0 Å². The third kappa shape index (κ3) is 3.61. The van der Waals surface area contributed by atoms with E-state index in [0.29, 0.717) is 10.4 Å². The maximum Gasteiger partial charge on any atom is 0.177 e. The molecule has 0 bridgehead atoms. The predicted octanol–water partition coefficient (Wildman–Crippen LogP) is 1.10. The number of hydrogen-bond donors (Lipinski definition) is 2. The van der Waals surface area contributed by atoms with E-state index in [1.54, 1.807) is 11.8 Å². The monoisotopic (exact) mass is 161 g/mol. The molecule has 0 atom stereocenters. The van der Waals surface area contributed by atoms with E-state index in [1.807, 2.05) is 0 Å². The summed E-state index contributed by atoms with van der Waals surface area (Å²) in [5, 5.41) is 4.42. The zero-order chi connectivity index (χ0) is 7.98. The van der Waals surface area contributed by atoms with E-state index in [2.05, 4.69) is 18.9 Å². The maximum absolute atomic E-state index is 5.41. The van der Waals surface area contributed by atoms with Gasteiger partial charge in [0.05, 0.1) is 0 Å². The Hall–Kier alpha value is -0.380. The third-order valence-electron chi connectivity index (χ3n) is 1.33. The summed E-state index contributed by atoms with van der Waals surface area (Å²) < 4.78 is 0. The van der Waals surface area contributed by atoms with Crippen molar-refractivity contribution in [2.45, 2.75) is 31.9 Å². The van der Waals surface area contributed by atoms with E-state index in [-0.39, 0.29) is 0 Å². The first-order chi connectivity index (χ1) is 4.74. The second-order valence-electron chi connectivity index (χ2n) is 2.02. The van der Waals surface area contributed by atoms with E-state index in [4.69, 9.17) is 11.6 Å². The lowest BCUT2D eigenvalue weighted by Crippen LogP contribution is -2.14. The lowest BCUT2D eigenvalue weighted by atomic mass is 10.3. The van der Waals surface area contributed by atoms with Gasteiger partial charge in [0.1, 0.15) is 0 Å². The van der Waals surface area contributed by atoms with Crippen LogP contribution in [0.3, 0.4) is 0 Å². The summed E-state index contributed by atoms with van der Waals surface area (Å²) in [4.78, 5) is 0. The van der Waals surface area contributed by atoms with Crippen LogP contribution in [-0.4, -0.2) is 10.4 Å². The molecule has 4 heteroatoms. The second kappa shape index (κ2) is 5.41. The van der Waals surface area contributed by atoms with Gasteiger partial charge in [0.15, 0.2) is 5.17 Å². The van der Waals surface area contributed by atoms with Gasteiger partial charge in [0.2, 0.25) is 0 Å². The Labute approximate surface area is 66.2 Å². The summed E-state index contributed by atoms with van der Waals surface area (Å²) in [5.41, 5.74) is 5.41. The predicted molar refractivity (Wildman–Crippen MR) is 47.8 cm³/mol. The number of rotatable bonds is 3. The third-order valence-corrected chi connectivity index (χ3v) is 2.67. The zero-order valence-corrected chi connectivity index (χ0v) is 7.32. The molecule has 0 fully saturated rings. The van der Waals surface area contributed by atoms with E-state index >= 15 is 0 Å². The van der Waals surface area contributed by atoms with E-state index < -0.39 is 0 Å². The van der Waals surface area contributed by atoms with Crippen molar-refractivity contribution in [3.05, 3.63) is 0 Å². The van der Waals surface area contributed by atoms with Crippen LogP contribution in [0.25, 0.3) is 0 Å². The Morgan fingerprint density at radius 1 is 1.50 bits per heavy atom. The van der Waals surface area contributed by atoms with Crippen LogP contribution in [0.1, 0.15) is 26.7 Å². The molecule has 0 unspecified atom stereocenters. The van der Waals surface area contributed by atoms with Crippen molar-refractivity contribution >= 4 is 16.9 Å². The number of amidine groups is 1. The average Bonchev–Trinajstić information content (AvgIpc) is 1.99. The molecule has 0 heterocycles. The second-order valence-corrected chi connectivity index (χ2v) is 3.34. The molecule has 0 spiro atoms. The lowest BCUT2D eigenvalue weighted by Gasteiger charge is -2.09. The van der Waals surface area contributed by atoms with Gasteiger partial charge in [-0.3, -0.25) is 0 Å². The first-order valence-corrected chi connectivity index (χ1v) is 4.32. The van der Waals surface area contributed by atoms with Crippen molar-refractivity contribution in [3.63, 3.8) is 0 Å². The molecule has 0 aliphatic rings. The molecule has 0 aromatic rings. The summed E-state index contributed by atoms with van der Waals surface area (Å²) in [5.74, 6) is 4.97. The molecule has 3 nitrogen and oxygen atoms in total. The molecular formula is C6H15N3S. The van der Waals surface area contributed by atoms with Crippen LogP contribution in [-0.2, 0) is 0 Å². The molecule has 0 rings (SSSR count). The largest absolute Gasteiger partial charge is 0.377 e. The van der Waals surface area contributed by atoms with Gasteiger partial charge in [0, 0.05) is 5.25 Å². The van der Waals surface area contributed by atoms with Crippen LogP contribution in [0.15, 0.2) is 5.10 Å². The van der Waals surface area contributed by atoms with Crippen LogP contribution in [0.5, 0.6) is 0 Å². The van der Waals surface area contributed by atoms with Crippen LogP contribution < -0.4 is 11.6 Å². The van der Waals surface area contributed by atoms with Crippen molar-refractivity contribution < 1.29 is 0 Å². The molecule has 0 saturated carbocycles. The molecule has 4 N–H and O–H groups in total. The fourth-order valence-electron chi connectivity index (χ4n) is 0.657. The minimum absolute atomic E-state index is 0.480. The van der Waals surface area contributed by atoms with Gasteiger partial charge in [0.25, 0.3) is 0 Å². The topological polar surface area (TPSA) is 64.4 Å².